The van der Waals surface area contributed by atoms with Gasteiger partial charge in [-0.15, -0.1) is 11.3 Å². The zero-order chi connectivity index (χ0) is 24.5. The molecule has 3 aromatic rings. The minimum Gasteiger partial charge on any atom is -1.00 e. The van der Waals surface area contributed by atoms with Gasteiger partial charge in [0.15, 0.2) is 6.10 Å². The molecule has 0 aliphatic carbocycles. The van der Waals surface area contributed by atoms with E-state index >= 15 is 0 Å². The van der Waals surface area contributed by atoms with Crippen molar-refractivity contribution in [2.45, 2.75) is 44.2 Å². The first kappa shape index (κ1) is 26.5. The van der Waals surface area contributed by atoms with Crippen molar-refractivity contribution < 1.29 is 35.8 Å². The van der Waals surface area contributed by atoms with Crippen molar-refractivity contribution in [1.82, 2.24) is 4.90 Å². The maximum Gasteiger partial charge on any atom is 0.328 e. The number of Topliss-reactive ketones (excluding diaryl/α,β-unsaturated/α-hetero) is 1. The molecule has 4 fully saturated rings. The van der Waals surface area contributed by atoms with E-state index in [0.29, 0.717) is 12.5 Å². The van der Waals surface area contributed by atoms with E-state index in [-0.39, 0.29) is 40.9 Å². The van der Waals surface area contributed by atoms with Gasteiger partial charge in [0, 0.05) is 29.0 Å². The van der Waals surface area contributed by atoms with E-state index in [1.54, 1.807) is 11.3 Å². The monoisotopic (exact) mass is 582 g/mol. The highest BCUT2D eigenvalue weighted by Gasteiger charge is 2.49. The van der Waals surface area contributed by atoms with Gasteiger partial charge in [0.1, 0.15) is 19.1 Å². The molecule has 4 aliphatic heterocycles. The highest BCUT2D eigenvalue weighted by atomic mass is 79.9. The lowest BCUT2D eigenvalue weighted by Crippen LogP contribution is -3.00. The third-order valence-corrected chi connectivity index (χ3v) is 9.55. The number of esters is 1. The smallest absolute Gasteiger partial charge is 0.328 e. The third kappa shape index (κ3) is 5.56. The lowest BCUT2D eigenvalue weighted by atomic mass is 9.82. The second-order valence-corrected chi connectivity index (χ2v) is 11.9. The molecule has 1 aromatic heterocycles. The summed E-state index contributed by atoms with van der Waals surface area (Å²) >= 11 is 1.70. The molecule has 37 heavy (non-hydrogen) atoms. The van der Waals surface area contributed by atoms with E-state index in [1.165, 1.54) is 11.1 Å². The van der Waals surface area contributed by atoms with E-state index in [1.807, 2.05) is 42.5 Å². The lowest BCUT2D eigenvalue weighted by molar-refractivity contribution is -0.938. The Morgan fingerprint density at radius 2 is 1.76 bits per heavy atom. The summed E-state index contributed by atoms with van der Waals surface area (Å²) in [6.45, 7) is 5.12. The van der Waals surface area contributed by atoms with Crippen molar-refractivity contribution in [3.05, 3.63) is 71.1 Å². The normalized spacial score (nSPS) is 26.4. The van der Waals surface area contributed by atoms with Crippen LogP contribution < -0.4 is 17.0 Å². The van der Waals surface area contributed by atoms with Crippen molar-refractivity contribution in [3.63, 3.8) is 0 Å². The number of carbonyl (C=O) groups is 2. The lowest BCUT2D eigenvalue weighted by Gasteiger charge is -2.51. The second kappa shape index (κ2) is 11.4. The van der Waals surface area contributed by atoms with Crippen LogP contribution in [0, 0.1) is 5.92 Å². The predicted octanol–water partition coefficient (Wildman–Crippen LogP) is 2.47. The number of nitrogens with zero attached hydrogens (tertiary/aromatic N) is 2. The fraction of sp³-hybridized carbons (Fsp3) is 0.467. The quantitative estimate of drug-likeness (QED) is 0.244. The van der Waals surface area contributed by atoms with E-state index in [2.05, 4.69) is 22.4 Å². The number of quaternary nitrogens is 1. The number of ether oxygens (including phenoxy) is 1. The molecule has 0 spiro atoms. The first-order chi connectivity index (χ1) is 17.6. The molecule has 0 saturated carbocycles. The number of hydrogen-bond acceptors (Lipinski definition) is 5. The van der Waals surface area contributed by atoms with E-state index < -0.39 is 0 Å². The van der Waals surface area contributed by atoms with Crippen molar-refractivity contribution in [2.75, 3.05) is 39.3 Å². The van der Waals surface area contributed by atoms with Gasteiger partial charge < -0.3 is 26.2 Å². The number of thiophene rings is 1. The zero-order valence-corrected chi connectivity index (χ0v) is 23.6. The van der Waals surface area contributed by atoms with Crippen LogP contribution in [0.4, 0.5) is 0 Å². The van der Waals surface area contributed by atoms with Crippen molar-refractivity contribution in [3.8, 4) is 0 Å². The summed E-state index contributed by atoms with van der Waals surface area (Å²) in [6.07, 6.45) is 5.42. The Balaban J connectivity index is 0.00000280. The van der Waals surface area contributed by atoms with Crippen LogP contribution in [0.15, 0.2) is 60.0 Å². The van der Waals surface area contributed by atoms with Gasteiger partial charge >= 0.3 is 5.97 Å². The second-order valence-electron chi connectivity index (χ2n) is 10.9. The molecule has 0 amide bonds. The van der Waals surface area contributed by atoms with Crippen LogP contribution in [0.1, 0.15) is 54.1 Å². The van der Waals surface area contributed by atoms with Gasteiger partial charge in [0.25, 0.3) is 0 Å². The molecule has 5 heterocycles. The van der Waals surface area contributed by atoms with Crippen LogP contribution in [0.2, 0.25) is 0 Å². The van der Waals surface area contributed by atoms with Crippen LogP contribution in [-0.4, -0.2) is 66.5 Å². The molecular weight excluding hydrogens is 548 g/mol. The van der Waals surface area contributed by atoms with Crippen molar-refractivity contribution in [2.24, 2.45) is 5.92 Å². The minimum absolute atomic E-state index is 0. The molecule has 7 rings (SSSR count). The molecule has 2 aromatic carbocycles. The molecule has 2 bridgehead atoms. The number of rotatable bonds is 7. The maximum atomic E-state index is 13.7. The first-order valence-corrected chi connectivity index (χ1v) is 14.3. The van der Waals surface area contributed by atoms with Crippen LogP contribution in [-0.2, 0) is 9.53 Å². The maximum absolute atomic E-state index is 13.7. The van der Waals surface area contributed by atoms with E-state index in [4.69, 9.17) is 4.74 Å². The number of fused-ring (bicyclic) bond motifs is 4. The minimum atomic E-state index is -0.339. The van der Waals surface area contributed by atoms with Gasteiger partial charge in [0.05, 0.1) is 13.1 Å². The number of halogens is 1. The predicted molar refractivity (Wildman–Crippen MR) is 143 cm³/mol. The summed E-state index contributed by atoms with van der Waals surface area (Å²) in [5, 5.41) is 3.21. The highest BCUT2D eigenvalue weighted by molar-refractivity contribution is 7.17. The molecular formula is C30H35BrN2O3S. The van der Waals surface area contributed by atoms with Gasteiger partial charge in [-0.25, -0.2) is 4.79 Å². The largest absolute Gasteiger partial charge is 1.00 e. The van der Waals surface area contributed by atoms with Gasteiger partial charge in [-0.1, -0.05) is 36.8 Å². The Morgan fingerprint density at radius 1 is 1.00 bits per heavy atom. The summed E-state index contributed by atoms with van der Waals surface area (Å²) in [5.74, 6) is 0.488. The molecule has 196 valence electrons. The summed E-state index contributed by atoms with van der Waals surface area (Å²) in [4.78, 5) is 29.4. The Hall–Kier alpha value is -2.06. The average molecular weight is 584 g/mol. The Kier molecular flexibility index (Phi) is 8.15. The number of carbonyl (C=O) groups excluding carboxylic acids is 2. The van der Waals surface area contributed by atoms with Crippen LogP contribution in [0.25, 0.3) is 10.1 Å². The van der Waals surface area contributed by atoms with Crippen LogP contribution in [0.3, 0.4) is 0 Å². The summed E-state index contributed by atoms with van der Waals surface area (Å²) < 4.78 is 8.31. The molecule has 4 aliphatic rings. The van der Waals surface area contributed by atoms with Gasteiger partial charge in [0.2, 0.25) is 5.78 Å². The van der Waals surface area contributed by atoms with Crippen LogP contribution in [0.5, 0.6) is 0 Å². The molecule has 0 N–H and O–H groups in total. The van der Waals surface area contributed by atoms with Gasteiger partial charge in [-0.05, 0) is 66.5 Å². The average Bonchev–Trinajstić information content (AvgIpc) is 3.39. The van der Waals surface area contributed by atoms with Gasteiger partial charge in [-0.2, -0.15) is 0 Å². The van der Waals surface area contributed by atoms with Gasteiger partial charge in [-0.3, -0.25) is 9.69 Å². The summed E-state index contributed by atoms with van der Waals surface area (Å²) in [7, 11) is 0. The molecule has 1 unspecified atom stereocenters. The number of ketones is 1. The molecule has 7 heteroatoms. The molecule has 0 radical (unpaired) electrons. The molecule has 4 saturated heterocycles. The Labute approximate surface area is 233 Å². The van der Waals surface area contributed by atoms with Crippen molar-refractivity contribution >= 4 is 33.2 Å². The van der Waals surface area contributed by atoms with E-state index in [9.17, 15) is 9.59 Å². The van der Waals surface area contributed by atoms with Crippen LogP contribution >= 0.6 is 11.3 Å². The number of piperidine rings is 4. The SMILES string of the molecule is O=C(C[N+]12CCC(CC1)[C@@H](OC(=O)C(c1ccccc1)N1CCCCC1)C2)c1ccc2sccc2c1.[Br-]. The number of likely N-dealkylation sites (tertiary alicyclic amines) is 1. The number of hydrogen-bond donors (Lipinski definition) is 0. The zero-order valence-electron chi connectivity index (χ0n) is 21.2. The summed E-state index contributed by atoms with van der Waals surface area (Å²) in [5.41, 5.74) is 1.82. The fourth-order valence-corrected chi connectivity index (χ4v) is 7.41. The first-order valence-electron chi connectivity index (χ1n) is 13.5. The summed E-state index contributed by atoms with van der Waals surface area (Å²) in [6, 6.07) is 17.9. The molecule has 2 atom stereocenters. The van der Waals surface area contributed by atoms with E-state index in [0.717, 1.165) is 79.4 Å². The number of benzene rings is 2. The third-order valence-electron chi connectivity index (χ3n) is 8.66. The Bertz CT molecular complexity index is 1230. The van der Waals surface area contributed by atoms with Crippen molar-refractivity contribution in [1.29, 1.82) is 0 Å². The fourth-order valence-electron chi connectivity index (χ4n) is 6.63. The standard InChI is InChI=1S/C30H35N2O3S.BrH/c33-26(24-9-10-28-25(19-24)13-18-36-28)20-32-16-11-22(12-17-32)27(21-32)35-30(34)29(23-7-3-1-4-8-23)31-14-5-2-6-15-31;/h1,3-4,7-10,13,18-19,22,27,29H,2,5-6,11-12,14-17,20-21H2;1H/q+1;/p-1/t22?,27-,29?,32?;/m0./s1. The topological polar surface area (TPSA) is 46.6 Å². The Morgan fingerprint density at radius 3 is 2.51 bits per heavy atom. The molecule has 5 nitrogen and oxygen atoms in total. The highest BCUT2D eigenvalue weighted by Crippen LogP contribution is 2.37.